The van der Waals surface area contributed by atoms with Crippen molar-refractivity contribution < 1.29 is 13.6 Å². The molecule has 0 spiro atoms. The molecule has 1 saturated heterocycles. The van der Waals surface area contributed by atoms with E-state index in [0.29, 0.717) is 18.5 Å². The second-order valence-corrected chi connectivity index (χ2v) is 7.71. The zero-order valence-corrected chi connectivity index (χ0v) is 15.8. The van der Waals surface area contributed by atoms with Gasteiger partial charge in [-0.1, -0.05) is 18.2 Å². The highest BCUT2D eigenvalue weighted by molar-refractivity contribution is 5.83. The lowest BCUT2D eigenvalue weighted by Crippen LogP contribution is -2.41. The first-order valence-electron chi connectivity index (χ1n) is 10.00. The number of hydrogen-bond acceptors (Lipinski definition) is 3. The highest BCUT2D eigenvalue weighted by Gasteiger charge is 2.48. The van der Waals surface area contributed by atoms with Gasteiger partial charge in [-0.15, -0.1) is 0 Å². The third-order valence-corrected chi connectivity index (χ3v) is 5.82. The molecule has 2 heterocycles. The summed E-state index contributed by atoms with van der Waals surface area (Å²) in [5.74, 6) is -2.16. The van der Waals surface area contributed by atoms with E-state index in [9.17, 15) is 13.6 Å². The first-order valence-corrected chi connectivity index (χ1v) is 10.00. The van der Waals surface area contributed by atoms with Gasteiger partial charge < -0.3 is 10.2 Å². The van der Waals surface area contributed by atoms with Gasteiger partial charge in [-0.2, -0.15) is 0 Å². The molecular weight excluding hydrogens is 360 g/mol. The van der Waals surface area contributed by atoms with Crippen molar-refractivity contribution in [3.8, 4) is 0 Å². The Hall–Kier alpha value is -2.34. The molecule has 1 saturated carbocycles. The molecule has 0 radical (unpaired) electrons. The predicted octanol–water partition coefficient (Wildman–Crippen LogP) is 3.63. The van der Waals surface area contributed by atoms with Crippen LogP contribution in [-0.2, 0) is 11.3 Å². The van der Waals surface area contributed by atoms with Crippen molar-refractivity contribution in [1.82, 2.24) is 15.2 Å². The number of hydrogen-bond donors (Lipinski definition) is 1. The van der Waals surface area contributed by atoms with Crippen molar-refractivity contribution in [2.75, 3.05) is 13.1 Å². The lowest BCUT2D eigenvalue weighted by atomic mass is 10.0. The second kappa shape index (κ2) is 8.35. The number of carbonyl (C=O) groups excluding carboxylic acids is 1. The molecule has 1 aliphatic carbocycles. The highest BCUT2D eigenvalue weighted by Crippen LogP contribution is 2.50. The van der Waals surface area contributed by atoms with E-state index in [1.165, 1.54) is 6.07 Å². The van der Waals surface area contributed by atoms with E-state index in [0.717, 1.165) is 44.1 Å². The Morgan fingerprint density at radius 3 is 2.86 bits per heavy atom. The van der Waals surface area contributed by atoms with Crippen LogP contribution in [0.25, 0.3) is 0 Å². The van der Waals surface area contributed by atoms with Gasteiger partial charge in [0.25, 0.3) is 0 Å². The molecule has 4 nitrogen and oxygen atoms in total. The number of carbonyl (C=O) groups is 1. The van der Waals surface area contributed by atoms with Crippen LogP contribution in [-0.4, -0.2) is 34.9 Å². The molecule has 2 fully saturated rings. The standard InChI is InChI=1S/C22H25F2N3O/c23-20-8-3-7-17(21(20)24)18-13-19(18)22(28)27(14-15-5-1-2-11-26-15)16-6-4-10-25-12-9-16/h1-3,5,7-8,11,16,18-19,25H,4,6,9-10,12-14H2. The van der Waals surface area contributed by atoms with Gasteiger partial charge in [0.15, 0.2) is 11.6 Å². The van der Waals surface area contributed by atoms with Crippen molar-refractivity contribution in [2.45, 2.75) is 44.2 Å². The average Bonchev–Trinajstić information content (AvgIpc) is 3.53. The zero-order chi connectivity index (χ0) is 19.5. The van der Waals surface area contributed by atoms with Gasteiger partial charge in [0.05, 0.1) is 12.2 Å². The predicted molar refractivity (Wildman–Crippen MR) is 103 cm³/mol. The molecule has 148 valence electrons. The van der Waals surface area contributed by atoms with Gasteiger partial charge in [0.1, 0.15) is 0 Å². The van der Waals surface area contributed by atoms with Crippen LogP contribution in [0, 0.1) is 17.6 Å². The minimum absolute atomic E-state index is 0.0335. The molecule has 3 atom stereocenters. The minimum atomic E-state index is -0.851. The number of pyridine rings is 1. The van der Waals surface area contributed by atoms with Crippen LogP contribution in [0.4, 0.5) is 8.78 Å². The molecule has 0 bridgehead atoms. The SMILES string of the molecule is O=C(C1CC1c1cccc(F)c1F)N(Cc1ccccn1)C1CCCNCC1. The molecule has 3 unspecified atom stereocenters. The Balaban J connectivity index is 1.54. The second-order valence-electron chi connectivity index (χ2n) is 7.71. The number of nitrogens with one attached hydrogen (secondary N) is 1. The monoisotopic (exact) mass is 385 g/mol. The number of benzene rings is 1. The summed E-state index contributed by atoms with van der Waals surface area (Å²) in [5.41, 5.74) is 1.17. The van der Waals surface area contributed by atoms with Crippen LogP contribution in [0.2, 0.25) is 0 Å². The fourth-order valence-corrected chi connectivity index (χ4v) is 4.20. The molecule has 1 N–H and O–H groups in total. The molecule has 1 aliphatic heterocycles. The third-order valence-electron chi connectivity index (χ3n) is 5.82. The fourth-order valence-electron chi connectivity index (χ4n) is 4.20. The Kier molecular flexibility index (Phi) is 5.67. The summed E-state index contributed by atoms with van der Waals surface area (Å²) in [5, 5.41) is 3.38. The van der Waals surface area contributed by atoms with Gasteiger partial charge in [0.2, 0.25) is 5.91 Å². The molecule has 28 heavy (non-hydrogen) atoms. The lowest BCUT2D eigenvalue weighted by molar-refractivity contribution is -0.136. The summed E-state index contributed by atoms with van der Waals surface area (Å²) in [6, 6.07) is 10.1. The van der Waals surface area contributed by atoms with E-state index in [4.69, 9.17) is 0 Å². The molecule has 1 amide bonds. The summed E-state index contributed by atoms with van der Waals surface area (Å²) in [4.78, 5) is 19.7. The first kappa shape index (κ1) is 19.0. The third kappa shape index (κ3) is 4.07. The molecule has 4 rings (SSSR count). The van der Waals surface area contributed by atoms with E-state index < -0.39 is 11.6 Å². The average molecular weight is 385 g/mol. The summed E-state index contributed by atoms with van der Waals surface area (Å²) in [6.45, 7) is 2.30. The normalized spacial score (nSPS) is 24.4. The fraction of sp³-hybridized carbons (Fsp3) is 0.455. The highest BCUT2D eigenvalue weighted by atomic mass is 19.2. The Labute approximate surface area is 164 Å². The van der Waals surface area contributed by atoms with Gasteiger partial charge in [-0.05, 0) is 68.5 Å². The van der Waals surface area contributed by atoms with Crippen molar-refractivity contribution >= 4 is 5.91 Å². The minimum Gasteiger partial charge on any atom is -0.334 e. The van der Waals surface area contributed by atoms with Crippen LogP contribution >= 0.6 is 0 Å². The number of halogens is 2. The number of nitrogens with zero attached hydrogens (tertiary/aromatic N) is 2. The molecule has 2 aromatic rings. The molecule has 2 aliphatic rings. The van der Waals surface area contributed by atoms with Gasteiger partial charge in [0, 0.05) is 18.2 Å². The van der Waals surface area contributed by atoms with E-state index in [-0.39, 0.29) is 23.8 Å². The quantitative estimate of drug-likeness (QED) is 0.855. The number of aromatic nitrogens is 1. The van der Waals surface area contributed by atoms with Crippen molar-refractivity contribution in [3.63, 3.8) is 0 Å². The Bertz CT molecular complexity index is 822. The van der Waals surface area contributed by atoms with Crippen molar-refractivity contribution in [2.24, 2.45) is 5.92 Å². The number of amides is 1. The summed E-state index contributed by atoms with van der Waals surface area (Å²) < 4.78 is 27.8. The van der Waals surface area contributed by atoms with Gasteiger partial charge >= 0.3 is 0 Å². The van der Waals surface area contributed by atoms with Crippen molar-refractivity contribution in [3.05, 3.63) is 65.5 Å². The van der Waals surface area contributed by atoms with Gasteiger partial charge in [-0.25, -0.2) is 8.78 Å². The molecule has 1 aromatic carbocycles. The topological polar surface area (TPSA) is 45.2 Å². The van der Waals surface area contributed by atoms with Crippen LogP contribution in [0.3, 0.4) is 0 Å². The van der Waals surface area contributed by atoms with E-state index >= 15 is 0 Å². The Morgan fingerprint density at radius 2 is 2.04 bits per heavy atom. The summed E-state index contributed by atoms with van der Waals surface area (Å²) in [7, 11) is 0. The molecular formula is C22H25F2N3O. The van der Waals surface area contributed by atoms with E-state index in [2.05, 4.69) is 10.3 Å². The Morgan fingerprint density at radius 1 is 1.14 bits per heavy atom. The van der Waals surface area contributed by atoms with Crippen LogP contribution < -0.4 is 5.32 Å². The molecule has 6 heteroatoms. The smallest absolute Gasteiger partial charge is 0.226 e. The largest absolute Gasteiger partial charge is 0.334 e. The lowest BCUT2D eigenvalue weighted by Gasteiger charge is -2.31. The molecule has 1 aromatic heterocycles. The maximum absolute atomic E-state index is 14.2. The van der Waals surface area contributed by atoms with Crippen LogP contribution in [0.5, 0.6) is 0 Å². The number of rotatable bonds is 5. The van der Waals surface area contributed by atoms with Crippen LogP contribution in [0.1, 0.15) is 42.9 Å². The summed E-state index contributed by atoms with van der Waals surface area (Å²) >= 11 is 0. The van der Waals surface area contributed by atoms with Gasteiger partial charge in [-0.3, -0.25) is 9.78 Å². The zero-order valence-electron chi connectivity index (χ0n) is 15.8. The maximum atomic E-state index is 14.2. The van der Waals surface area contributed by atoms with E-state index in [1.807, 2.05) is 23.1 Å². The van der Waals surface area contributed by atoms with Crippen molar-refractivity contribution in [1.29, 1.82) is 0 Å². The van der Waals surface area contributed by atoms with Crippen LogP contribution in [0.15, 0.2) is 42.6 Å². The maximum Gasteiger partial charge on any atom is 0.226 e. The summed E-state index contributed by atoms with van der Waals surface area (Å²) in [6.07, 6.45) is 5.16. The van der Waals surface area contributed by atoms with E-state index in [1.54, 1.807) is 12.3 Å². The first-order chi connectivity index (χ1) is 13.6.